The fraction of sp³-hybridized carbons (Fsp3) is 0.444. The zero-order valence-corrected chi connectivity index (χ0v) is 8.68. The van der Waals surface area contributed by atoms with Gasteiger partial charge in [0.05, 0.1) is 13.7 Å². The van der Waals surface area contributed by atoms with Crippen LogP contribution < -0.4 is 9.47 Å². The second kappa shape index (κ2) is 4.33. The first kappa shape index (κ1) is 10.1. The van der Waals surface area contributed by atoms with Gasteiger partial charge in [-0.2, -0.15) is 0 Å². The van der Waals surface area contributed by atoms with E-state index in [9.17, 15) is 0 Å². The highest BCUT2D eigenvalue weighted by molar-refractivity contribution is 6.30. The lowest BCUT2D eigenvalue weighted by Crippen LogP contribution is -1.97. The number of nitrogens with zero attached hydrogens (tertiary/aromatic N) is 1. The molecular formula is C9H12ClNO2. The highest BCUT2D eigenvalue weighted by Gasteiger charge is 2.07. The number of hydrogen-bond donors (Lipinski definition) is 0. The maximum atomic E-state index is 5.86. The second-order valence-corrected chi connectivity index (χ2v) is 2.87. The molecule has 1 aromatic rings. The second-order valence-electron chi connectivity index (χ2n) is 2.51. The van der Waals surface area contributed by atoms with Crippen LogP contribution >= 0.6 is 11.6 Å². The molecule has 0 saturated carbocycles. The smallest absolute Gasteiger partial charge is 0.218 e. The van der Waals surface area contributed by atoms with Gasteiger partial charge in [-0.25, -0.2) is 4.98 Å². The molecule has 0 amide bonds. The van der Waals surface area contributed by atoms with Crippen molar-refractivity contribution in [3.8, 4) is 11.6 Å². The van der Waals surface area contributed by atoms with Gasteiger partial charge in [0.1, 0.15) is 10.9 Å². The van der Waals surface area contributed by atoms with Gasteiger partial charge in [0, 0.05) is 11.6 Å². The third kappa shape index (κ3) is 2.25. The Balaban J connectivity index is 3.09. The Morgan fingerprint density at radius 3 is 2.77 bits per heavy atom. The highest BCUT2D eigenvalue weighted by Crippen LogP contribution is 2.27. The van der Waals surface area contributed by atoms with Crippen molar-refractivity contribution < 1.29 is 9.47 Å². The molecule has 0 aromatic carbocycles. The maximum Gasteiger partial charge on any atom is 0.218 e. The molecular weight excluding hydrogens is 190 g/mol. The monoisotopic (exact) mass is 201 g/mol. The lowest BCUT2D eigenvalue weighted by atomic mass is 10.3. The zero-order chi connectivity index (χ0) is 9.84. The van der Waals surface area contributed by atoms with Crippen LogP contribution in [0.3, 0.4) is 0 Å². The van der Waals surface area contributed by atoms with Crippen LogP contribution in [0.1, 0.15) is 12.5 Å². The van der Waals surface area contributed by atoms with E-state index in [4.69, 9.17) is 21.1 Å². The number of aromatic nitrogens is 1. The van der Waals surface area contributed by atoms with Crippen LogP contribution in [0.5, 0.6) is 11.6 Å². The standard InChI is InChI=1S/C9H12ClNO2/c1-4-13-7-5-8(12-3)11-9(10)6(7)2/h5H,4H2,1-3H3. The minimum absolute atomic E-state index is 0.419. The number of rotatable bonds is 3. The molecule has 0 aliphatic carbocycles. The highest BCUT2D eigenvalue weighted by atomic mass is 35.5. The van der Waals surface area contributed by atoms with Crippen LogP contribution in [0.25, 0.3) is 0 Å². The van der Waals surface area contributed by atoms with Gasteiger partial charge in [0.25, 0.3) is 0 Å². The molecule has 0 fully saturated rings. The van der Waals surface area contributed by atoms with Crippen molar-refractivity contribution in [2.24, 2.45) is 0 Å². The van der Waals surface area contributed by atoms with E-state index >= 15 is 0 Å². The normalized spacial score (nSPS) is 9.85. The molecule has 0 unspecified atom stereocenters. The van der Waals surface area contributed by atoms with Crippen molar-refractivity contribution in [2.45, 2.75) is 13.8 Å². The first-order chi connectivity index (χ1) is 6.19. The van der Waals surface area contributed by atoms with Crippen molar-refractivity contribution >= 4 is 11.6 Å². The van der Waals surface area contributed by atoms with E-state index in [2.05, 4.69) is 4.98 Å². The van der Waals surface area contributed by atoms with E-state index in [-0.39, 0.29) is 0 Å². The lowest BCUT2D eigenvalue weighted by Gasteiger charge is -2.09. The number of hydrogen-bond acceptors (Lipinski definition) is 3. The number of pyridine rings is 1. The first-order valence-electron chi connectivity index (χ1n) is 4.03. The van der Waals surface area contributed by atoms with Gasteiger partial charge in [-0.15, -0.1) is 0 Å². The van der Waals surface area contributed by atoms with Crippen LogP contribution in [0.4, 0.5) is 0 Å². The van der Waals surface area contributed by atoms with Gasteiger partial charge in [0.2, 0.25) is 5.88 Å². The summed E-state index contributed by atoms with van der Waals surface area (Å²) in [5.74, 6) is 1.19. The van der Waals surface area contributed by atoms with Crippen LogP contribution in [-0.4, -0.2) is 18.7 Å². The van der Waals surface area contributed by atoms with Crippen molar-refractivity contribution in [2.75, 3.05) is 13.7 Å². The Kier molecular flexibility index (Phi) is 3.37. The van der Waals surface area contributed by atoms with Crippen molar-refractivity contribution in [1.29, 1.82) is 0 Å². The van der Waals surface area contributed by atoms with Gasteiger partial charge in [0.15, 0.2) is 0 Å². The Morgan fingerprint density at radius 1 is 1.54 bits per heavy atom. The molecule has 0 spiro atoms. The minimum Gasteiger partial charge on any atom is -0.493 e. The largest absolute Gasteiger partial charge is 0.493 e. The van der Waals surface area contributed by atoms with Crippen LogP contribution in [0.15, 0.2) is 6.07 Å². The average molecular weight is 202 g/mol. The predicted octanol–water partition coefficient (Wildman–Crippen LogP) is 2.45. The number of methoxy groups -OCH3 is 1. The van der Waals surface area contributed by atoms with E-state index in [1.165, 1.54) is 0 Å². The van der Waals surface area contributed by atoms with Gasteiger partial charge in [-0.1, -0.05) is 11.6 Å². The Morgan fingerprint density at radius 2 is 2.23 bits per heavy atom. The van der Waals surface area contributed by atoms with Crippen molar-refractivity contribution in [1.82, 2.24) is 4.98 Å². The summed E-state index contributed by atoms with van der Waals surface area (Å²) in [4.78, 5) is 4.00. The van der Waals surface area contributed by atoms with Crippen molar-refractivity contribution in [3.63, 3.8) is 0 Å². The van der Waals surface area contributed by atoms with Gasteiger partial charge in [-0.05, 0) is 13.8 Å². The van der Waals surface area contributed by atoms with E-state index in [1.54, 1.807) is 13.2 Å². The third-order valence-corrected chi connectivity index (χ3v) is 2.02. The quantitative estimate of drug-likeness (QED) is 0.704. The Labute approximate surface area is 82.6 Å². The van der Waals surface area contributed by atoms with Gasteiger partial charge in [-0.3, -0.25) is 0 Å². The molecule has 4 heteroatoms. The molecule has 1 rings (SSSR count). The lowest BCUT2D eigenvalue weighted by molar-refractivity contribution is 0.331. The predicted molar refractivity (Wildman–Crippen MR) is 51.7 cm³/mol. The van der Waals surface area contributed by atoms with E-state index in [0.717, 1.165) is 11.3 Å². The summed E-state index contributed by atoms with van der Waals surface area (Å²) in [5.41, 5.74) is 0.837. The zero-order valence-electron chi connectivity index (χ0n) is 7.93. The topological polar surface area (TPSA) is 31.4 Å². The van der Waals surface area contributed by atoms with Crippen LogP contribution in [0.2, 0.25) is 5.15 Å². The third-order valence-electron chi connectivity index (χ3n) is 1.65. The molecule has 0 aliphatic heterocycles. The fourth-order valence-electron chi connectivity index (χ4n) is 0.945. The minimum atomic E-state index is 0.419. The average Bonchev–Trinajstić information content (AvgIpc) is 2.13. The van der Waals surface area contributed by atoms with E-state index < -0.39 is 0 Å². The summed E-state index contributed by atoms with van der Waals surface area (Å²) >= 11 is 5.86. The molecule has 13 heavy (non-hydrogen) atoms. The fourth-order valence-corrected chi connectivity index (χ4v) is 1.12. The summed E-state index contributed by atoms with van der Waals surface area (Å²) in [6, 6.07) is 1.73. The number of halogens is 1. The maximum absolute atomic E-state index is 5.86. The van der Waals surface area contributed by atoms with Gasteiger partial charge >= 0.3 is 0 Å². The summed E-state index contributed by atoms with van der Waals surface area (Å²) in [7, 11) is 1.55. The first-order valence-corrected chi connectivity index (χ1v) is 4.40. The van der Waals surface area contributed by atoms with Gasteiger partial charge < -0.3 is 9.47 Å². The SMILES string of the molecule is CCOc1cc(OC)nc(Cl)c1C. The Bertz CT molecular complexity index is 302. The van der Waals surface area contributed by atoms with E-state index in [1.807, 2.05) is 13.8 Å². The Hall–Kier alpha value is -0.960. The van der Waals surface area contributed by atoms with Crippen molar-refractivity contribution in [3.05, 3.63) is 16.8 Å². The van der Waals surface area contributed by atoms with E-state index in [0.29, 0.717) is 17.6 Å². The molecule has 0 atom stereocenters. The number of ether oxygens (including phenoxy) is 2. The molecule has 0 bridgehead atoms. The molecule has 0 N–H and O–H groups in total. The molecule has 72 valence electrons. The summed E-state index contributed by atoms with van der Waals surface area (Å²) in [6.45, 7) is 4.38. The van der Waals surface area contributed by atoms with Crippen LogP contribution in [-0.2, 0) is 0 Å². The summed E-state index contributed by atoms with van der Waals surface area (Å²) in [5, 5.41) is 0.419. The molecule has 0 radical (unpaired) electrons. The summed E-state index contributed by atoms with van der Waals surface area (Å²) in [6.07, 6.45) is 0. The molecule has 1 heterocycles. The summed E-state index contributed by atoms with van der Waals surface area (Å²) < 4.78 is 10.3. The molecule has 0 saturated heterocycles. The molecule has 0 aliphatic rings. The molecule has 1 aromatic heterocycles. The van der Waals surface area contributed by atoms with Crippen LogP contribution in [0, 0.1) is 6.92 Å². The molecule has 3 nitrogen and oxygen atoms in total.